The van der Waals surface area contributed by atoms with E-state index in [0.717, 1.165) is 11.1 Å². The first-order chi connectivity index (χ1) is 8.50. The molecule has 1 unspecified atom stereocenters. The Balaban J connectivity index is 0.00000324. The van der Waals surface area contributed by atoms with E-state index in [9.17, 15) is 4.79 Å². The van der Waals surface area contributed by atoms with Crippen molar-refractivity contribution < 1.29 is 9.53 Å². The van der Waals surface area contributed by atoms with E-state index in [4.69, 9.17) is 10.5 Å². The van der Waals surface area contributed by atoms with E-state index in [1.54, 1.807) is 0 Å². The van der Waals surface area contributed by atoms with Gasteiger partial charge in [0.05, 0.1) is 12.7 Å². The Morgan fingerprint density at radius 3 is 2.42 bits per heavy atom. The van der Waals surface area contributed by atoms with Crippen LogP contribution in [0.3, 0.4) is 0 Å². The second kappa shape index (κ2) is 8.91. The Morgan fingerprint density at radius 2 is 1.89 bits per heavy atom. The molecule has 0 aliphatic carbocycles. The number of aryl methyl sites for hydroxylation is 1. The number of rotatable bonds is 6. The maximum atomic E-state index is 11.8. The van der Waals surface area contributed by atoms with Crippen LogP contribution >= 0.6 is 12.4 Å². The van der Waals surface area contributed by atoms with Crippen molar-refractivity contribution in [2.75, 3.05) is 13.2 Å². The zero-order valence-corrected chi connectivity index (χ0v) is 12.5. The van der Waals surface area contributed by atoms with Gasteiger partial charge in [-0.2, -0.15) is 0 Å². The van der Waals surface area contributed by atoms with Crippen LogP contribution in [-0.2, 0) is 9.53 Å². The molecule has 0 aliphatic rings. The summed E-state index contributed by atoms with van der Waals surface area (Å²) < 4.78 is 5.34. The fourth-order valence-corrected chi connectivity index (χ4v) is 1.50. The maximum absolute atomic E-state index is 11.8. The van der Waals surface area contributed by atoms with Gasteiger partial charge in [-0.05, 0) is 26.3 Å². The smallest absolute Gasteiger partial charge is 0.241 e. The van der Waals surface area contributed by atoms with Gasteiger partial charge < -0.3 is 15.8 Å². The van der Waals surface area contributed by atoms with Crippen LogP contribution in [0.2, 0.25) is 0 Å². The number of amides is 1. The SMILES string of the molecule is Cc1ccc(C(N)C(=O)NCCOC(C)C)cc1.Cl. The minimum absolute atomic E-state index is 0. The third kappa shape index (κ3) is 6.57. The van der Waals surface area contributed by atoms with Gasteiger partial charge in [-0.25, -0.2) is 0 Å². The summed E-state index contributed by atoms with van der Waals surface area (Å²) in [6.45, 7) is 6.90. The monoisotopic (exact) mass is 286 g/mol. The summed E-state index contributed by atoms with van der Waals surface area (Å²) in [6, 6.07) is 7.04. The van der Waals surface area contributed by atoms with Crippen molar-refractivity contribution >= 4 is 18.3 Å². The van der Waals surface area contributed by atoms with Crippen molar-refractivity contribution in [2.45, 2.75) is 32.9 Å². The van der Waals surface area contributed by atoms with Gasteiger partial charge in [0.1, 0.15) is 6.04 Å². The Labute approximate surface area is 121 Å². The van der Waals surface area contributed by atoms with Crippen LogP contribution in [0.25, 0.3) is 0 Å². The first kappa shape index (κ1) is 17.9. The molecule has 4 nitrogen and oxygen atoms in total. The largest absolute Gasteiger partial charge is 0.377 e. The molecule has 0 fully saturated rings. The number of benzene rings is 1. The topological polar surface area (TPSA) is 64.4 Å². The number of ether oxygens (including phenoxy) is 1. The predicted octanol–water partition coefficient (Wildman–Crippen LogP) is 1.96. The molecule has 1 aromatic carbocycles. The van der Waals surface area contributed by atoms with Crippen LogP contribution in [0.5, 0.6) is 0 Å². The van der Waals surface area contributed by atoms with Crippen LogP contribution in [0.15, 0.2) is 24.3 Å². The quantitative estimate of drug-likeness (QED) is 0.786. The summed E-state index contributed by atoms with van der Waals surface area (Å²) in [5.74, 6) is -0.175. The van der Waals surface area contributed by atoms with E-state index in [1.165, 1.54) is 0 Å². The third-order valence-corrected chi connectivity index (χ3v) is 2.57. The lowest BCUT2D eigenvalue weighted by Gasteiger charge is -2.13. The number of nitrogens with two attached hydrogens (primary N) is 1. The molecule has 1 aromatic rings. The molecule has 0 saturated carbocycles. The van der Waals surface area contributed by atoms with Crippen LogP contribution in [0, 0.1) is 6.92 Å². The summed E-state index contributed by atoms with van der Waals surface area (Å²) in [5.41, 5.74) is 7.85. The fraction of sp³-hybridized carbons (Fsp3) is 0.500. The number of halogens is 1. The number of hydrogen-bond donors (Lipinski definition) is 2. The van der Waals surface area contributed by atoms with Crippen molar-refractivity contribution in [3.8, 4) is 0 Å². The van der Waals surface area contributed by atoms with Gasteiger partial charge in [0.25, 0.3) is 0 Å². The maximum Gasteiger partial charge on any atom is 0.241 e. The van der Waals surface area contributed by atoms with Gasteiger partial charge in [-0.1, -0.05) is 29.8 Å². The van der Waals surface area contributed by atoms with Crippen molar-refractivity contribution in [3.05, 3.63) is 35.4 Å². The van der Waals surface area contributed by atoms with Gasteiger partial charge in [-0.3, -0.25) is 4.79 Å². The van der Waals surface area contributed by atoms with E-state index in [1.807, 2.05) is 45.0 Å². The number of carbonyl (C=O) groups is 1. The Hall–Kier alpha value is -1.10. The lowest BCUT2D eigenvalue weighted by molar-refractivity contribution is -0.122. The first-order valence-corrected chi connectivity index (χ1v) is 6.22. The summed E-state index contributed by atoms with van der Waals surface area (Å²) in [7, 11) is 0. The number of nitrogens with one attached hydrogen (secondary N) is 1. The van der Waals surface area contributed by atoms with Crippen molar-refractivity contribution in [2.24, 2.45) is 5.73 Å². The van der Waals surface area contributed by atoms with Crippen LogP contribution < -0.4 is 11.1 Å². The molecule has 0 aliphatic heterocycles. The lowest BCUT2D eigenvalue weighted by atomic mass is 10.1. The zero-order chi connectivity index (χ0) is 13.5. The summed E-state index contributed by atoms with van der Waals surface area (Å²) in [4.78, 5) is 11.8. The molecule has 1 amide bonds. The third-order valence-electron chi connectivity index (χ3n) is 2.57. The van der Waals surface area contributed by atoms with Gasteiger partial charge in [0.15, 0.2) is 0 Å². The summed E-state index contributed by atoms with van der Waals surface area (Å²) in [6.07, 6.45) is 0.174. The molecule has 5 heteroatoms. The second-order valence-electron chi connectivity index (χ2n) is 4.60. The lowest BCUT2D eigenvalue weighted by Crippen LogP contribution is -2.36. The van der Waals surface area contributed by atoms with Crippen molar-refractivity contribution in [3.63, 3.8) is 0 Å². The fourth-order valence-electron chi connectivity index (χ4n) is 1.50. The molecule has 108 valence electrons. The Bertz CT molecular complexity index is 380. The molecule has 1 atom stereocenters. The Morgan fingerprint density at radius 1 is 1.32 bits per heavy atom. The van der Waals surface area contributed by atoms with E-state index in [-0.39, 0.29) is 24.4 Å². The summed E-state index contributed by atoms with van der Waals surface area (Å²) in [5, 5.41) is 2.76. The van der Waals surface area contributed by atoms with Crippen LogP contribution in [-0.4, -0.2) is 25.2 Å². The van der Waals surface area contributed by atoms with E-state index < -0.39 is 6.04 Å². The van der Waals surface area contributed by atoms with Crippen molar-refractivity contribution in [1.29, 1.82) is 0 Å². The van der Waals surface area contributed by atoms with Crippen LogP contribution in [0.4, 0.5) is 0 Å². The molecule has 1 rings (SSSR count). The highest BCUT2D eigenvalue weighted by atomic mass is 35.5. The normalized spacial score (nSPS) is 11.8. The molecular weight excluding hydrogens is 264 g/mol. The van der Waals surface area contributed by atoms with Crippen LogP contribution in [0.1, 0.15) is 31.0 Å². The highest BCUT2D eigenvalue weighted by molar-refractivity contribution is 5.85. The van der Waals surface area contributed by atoms with Gasteiger partial charge in [0, 0.05) is 6.54 Å². The molecule has 0 aromatic heterocycles. The predicted molar refractivity (Wildman–Crippen MR) is 79.5 cm³/mol. The van der Waals surface area contributed by atoms with Gasteiger partial charge in [-0.15, -0.1) is 12.4 Å². The zero-order valence-electron chi connectivity index (χ0n) is 11.7. The molecule has 0 heterocycles. The van der Waals surface area contributed by atoms with E-state index in [0.29, 0.717) is 13.2 Å². The first-order valence-electron chi connectivity index (χ1n) is 6.22. The van der Waals surface area contributed by atoms with E-state index in [2.05, 4.69) is 5.32 Å². The minimum atomic E-state index is -0.621. The molecule has 0 radical (unpaired) electrons. The molecular formula is C14H23ClN2O2. The average molecular weight is 287 g/mol. The molecule has 3 N–H and O–H groups in total. The molecule has 0 spiro atoms. The molecule has 0 saturated heterocycles. The number of carbonyl (C=O) groups excluding carboxylic acids is 1. The standard InChI is InChI=1S/C14H22N2O2.ClH/c1-10(2)18-9-8-16-14(17)13(15)12-6-4-11(3)5-7-12;/h4-7,10,13H,8-9,15H2,1-3H3,(H,16,17);1H. The molecule has 19 heavy (non-hydrogen) atoms. The highest BCUT2D eigenvalue weighted by Gasteiger charge is 2.14. The van der Waals surface area contributed by atoms with E-state index >= 15 is 0 Å². The number of hydrogen-bond acceptors (Lipinski definition) is 3. The summed E-state index contributed by atoms with van der Waals surface area (Å²) >= 11 is 0. The van der Waals surface area contributed by atoms with Gasteiger partial charge in [0.2, 0.25) is 5.91 Å². The second-order valence-corrected chi connectivity index (χ2v) is 4.60. The average Bonchev–Trinajstić information content (AvgIpc) is 2.34. The highest BCUT2D eigenvalue weighted by Crippen LogP contribution is 2.11. The minimum Gasteiger partial charge on any atom is -0.377 e. The molecule has 0 bridgehead atoms. The van der Waals surface area contributed by atoms with Crippen molar-refractivity contribution in [1.82, 2.24) is 5.32 Å². The van der Waals surface area contributed by atoms with Gasteiger partial charge >= 0.3 is 0 Å². The Kier molecular flexibility index (Phi) is 8.39.